The molecule has 0 saturated heterocycles. The third-order valence-corrected chi connectivity index (χ3v) is 4.51. The Labute approximate surface area is 77.7 Å². The van der Waals surface area contributed by atoms with Gasteiger partial charge in [0.25, 0.3) is 0 Å². The molecular formula is C7H17IN2. The number of hydrogen-bond donors (Lipinski definition) is 0. The molecule has 3 heteroatoms. The van der Waals surface area contributed by atoms with E-state index in [0.717, 1.165) is 6.42 Å². The van der Waals surface area contributed by atoms with Crippen molar-refractivity contribution >= 4 is 22.6 Å². The fraction of sp³-hybridized carbons (Fsp3) is 1.00. The van der Waals surface area contributed by atoms with Crippen LogP contribution in [0.2, 0.25) is 0 Å². The van der Waals surface area contributed by atoms with Crippen molar-refractivity contribution in [3.05, 3.63) is 0 Å². The number of hydrogen-bond acceptors (Lipinski definition) is 2. The lowest BCUT2D eigenvalue weighted by Gasteiger charge is -2.39. The van der Waals surface area contributed by atoms with E-state index in [4.69, 9.17) is 0 Å². The molecule has 62 valence electrons. The summed E-state index contributed by atoms with van der Waals surface area (Å²) in [6, 6.07) is 0. The average Bonchev–Trinajstić information content (AvgIpc) is 1.85. The van der Waals surface area contributed by atoms with E-state index in [2.05, 4.69) is 67.5 Å². The first kappa shape index (κ1) is 10.7. The monoisotopic (exact) mass is 256 g/mol. The molecule has 0 fully saturated rings. The Morgan fingerprint density at radius 1 is 1.10 bits per heavy atom. The zero-order chi connectivity index (χ0) is 8.36. The van der Waals surface area contributed by atoms with E-state index in [1.807, 2.05) is 0 Å². The number of alkyl halides is 1. The van der Waals surface area contributed by atoms with Crippen molar-refractivity contribution in [1.29, 1.82) is 0 Å². The molecular weight excluding hydrogens is 239 g/mol. The van der Waals surface area contributed by atoms with Crippen LogP contribution >= 0.6 is 22.6 Å². The summed E-state index contributed by atoms with van der Waals surface area (Å²) in [5.41, 5.74) is 0. The molecule has 0 N–H and O–H groups in total. The summed E-state index contributed by atoms with van der Waals surface area (Å²) in [7, 11) is 8.43. The highest BCUT2D eigenvalue weighted by atomic mass is 127. The standard InChI is InChI=1S/C7H17IN2/c1-6-7(8,9(2)3)10(4)5/h6H2,1-5H3. The summed E-state index contributed by atoms with van der Waals surface area (Å²) < 4.78 is 0.178. The Morgan fingerprint density at radius 2 is 1.40 bits per heavy atom. The minimum atomic E-state index is 0.178. The van der Waals surface area contributed by atoms with Gasteiger partial charge in [-0.2, -0.15) is 0 Å². The second-order valence-corrected chi connectivity index (χ2v) is 4.59. The summed E-state index contributed by atoms with van der Waals surface area (Å²) in [5.74, 6) is 0. The van der Waals surface area contributed by atoms with Gasteiger partial charge < -0.3 is 0 Å². The topological polar surface area (TPSA) is 6.48 Å². The minimum absolute atomic E-state index is 0.178. The summed E-state index contributed by atoms with van der Waals surface area (Å²) in [4.78, 5) is 4.46. The first-order valence-electron chi connectivity index (χ1n) is 3.49. The molecule has 0 aliphatic rings. The van der Waals surface area contributed by atoms with Gasteiger partial charge in [-0.05, 0) is 57.2 Å². The summed E-state index contributed by atoms with van der Waals surface area (Å²) in [6.45, 7) is 2.20. The van der Waals surface area contributed by atoms with Crippen molar-refractivity contribution in [1.82, 2.24) is 9.80 Å². The molecule has 0 radical (unpaired) electrons. The molecule has 0 amide bonds. The zero-order valence-electron chi connectivity index (χ0n) is 7.48. The van der Waals surface area contributed by atoms with Crippen molar-refractivity contribution in [3.63, 3.8) is 0 Å². The van der Waals surface area contributed by atoms with Crippen molar-refractivity contribution < 1.29 is 0 Å². The smallest absolute Gasteiger partial charge is 0.126 e. The highest BCUT2D eigenvalue weighted by Gasteiger charge is 2.28. The third-order valence-electron chi connectivity index (χ3n) is 1.82. The normalized spacial score (nSPS) is 13.2. The van der Waals surface area contributed by atoms with Crippen LogP contribution in [-0.2, 0) is 0 Å². The molecule has 0 aromatic rings. The van der Waals surface area contributed by atoms with Crippen LogP contribution in [0.1, 0.15) is 13.3 Å². The van der Waals surface area contributed by atoms with Gasteiger partial charge >= 0.3 is 0 Å². The van der Waals surface area contributed by atoms with Gasteiger partial charge in [0.1, 0.15) is 3.67 Å². The van der Waals surface area contributed by atoms with E-state index in [0.29, 0.717) is 0 Å². The molecule has 0 unspecified atom stereocenters. The average molecular weight is 256 g/mol. The molecule has 0 aromatic carbocycles. The molecule has 0 aliphatic carbocycles. The van der Waals surface area contributed by atoms with E-state index in [-0.39, 0.29) is 3.67 Å². The lowest BCUT2D eigenvalue weighted by atomic mass is 10.3. The van der Waals surface area contributed by atoms with E-state index in [1.165, 1.54) is 0 Å². The third kappa shape index (κ3) is 2.07. The van der Waals surface area contributed by atoms with Gasteiger partial charge in [-0.1, -0.05) is 6.92 Å². The molecule has 10 heavy (non-hydrogen) atoms. The molecule has 0 saturated carbocycles. The quantitative estimate of drug-likeness (QED) is 0.327. The summed E-state index contributed by atoms with van der Waals surface area (Å²) >= 11 is 2.47. The van der Waals surface area contributed by atoms with E-state index in [9.17, 15) is 0 Å². The number of nitrogens with zero attached hydrogens (tertiary/aromatic N) is 2. The summed E-state index contributed by atoms with van der Waals surface area (Å²) in [6.07, 6.45) is 1.13. The van der Waals surface area contributed by atoms with E-state index < -0.39 is 0 Å². The maximum Gasteiger partial charge on any atom is 0.126 e. The van der Waals surface area contributed by atoms with Gasteiger partial charge in [-0.15, -0.1) is 0 Å². The van der Waals surface area contributed by atoms with Crippen LogP contribution in [0.15, 0.2) is 0 Å². The van der Waals surface area contributed by atoms with E-state index in [1.54, 1.807) is 0 Å². The first-order chi connectivity index (χ1) is 4.45. The van der Waals surface area contributed by atoms with Crippen molar-refractivity contribution in [2.24, 2.45) is 0 Å². The molecule has 0 bridgehead atoms. The lowest BCUT2D eigenvalue weighted by molar-refractivity contribution is 0.108. The lowest BCUT2D eigenvalue weighted by Crippen LogP contribution is -2.49. The zero-order valence-corrected chi connectivity index (χ0v) is 9.64. The fourth-order valence-electron chi connectivity index (χ4n) is 1.03. The molecule has 0 spiro atoms. The van der Waals surface area contributed by atoms with Gasteiger partial charge in [-0.3, -0.25) is 9.80 Å². The second-order valence-electron chi connectivity index (χ2n) is 2.86. The minimum Gasteiger partial charge on any atom is -0.283 e. The molecule has 0 atom stereocenters. The van der Waals surface area contributed by atoms with Crippen LogP contribution in [0.25, 0.3) is 0 Å². The predicted octanol–water partition coefficient (Wildman–Crippen LogP) is 1.61. The maximum atomic E-state index is 2.47. The largest absolute Gasteiger partial charge is 0.283 e. The van der Waals surface area contributed by atoms with Gasteiger partial charge in [0.05, 0.1) is 0 Å². The number of halogens is 1. The van der Waals surface area contributed by atoms with Crippen molar-refractivity contribution in [2.75, 3.05) is 28.2 Å². The Hall–Kier alpha value is 0.650. The summed E-state index contributed by atoms with van der Waals surface area (Å²) in [5, 5.41) is 0. The Bertz CT molecular complexity index is 93.8. The van der Waals surface area contributed by atoms with Gasteiger partial charge in [0, 0.05) is 0 Å². The predicted molar refractivity (Wildman–Crippen MR) is 54.4 cm³/mol. The fourth-order valence-corrected chi connectivity index (χ4v) is 1.03. The first-order valence-corrected chi connectivity index (χ1v) is 4.56. The molecule has 0 aromatic heterocycles. The Balaban J connectivity index is 4.23. The van der Waals surface area contributed by atoms with Gasteiger partial charge in [-0.25, -0.2) is 0 Å². The van der Waals surface area contributed by atoms with Crippen LogP contribution in [0.4, 0.5) is 0 Å². The van der Waals surface area contributed by atoms with Crippen molar-refractivity contribution in [3.8, 4) is 0 Å². The van der Waals surface area contributed by atoms with Crippen LogP contribution in [0, 0.1) is 0 Å². The SMILES string of the molecule is CCC(I)(N(C)C)N(C)C. The van der Waals surface area contributed by atoms with Crippen LogP contribution < -0.4 is 0 Å². The second kappa shape index (κ2) is 3.88. The number of rotatable bonds is 3. The molecule has 0 aliphatic heterocycles. The maximum absolute atomic E-state index is 2.47. The van der Waals surface area contributed by atoms with Crippen LogP contribution in [0.5, 0.6) is 0 Å². The van der Waals surface area contributed by atoms with Gasteiger partial charge in [0.2, 0.25) is 0 Å². The van der Waals surface area contributed by atoms with Crippen molar-refractivity contribution in [2.45, 2.75) is 17.0 Å². The van der Waals surface area contributed by atoms with E-state index >= 15 is 0 Å². The molecule has 2 nitrogen and oxygen atoms in total. The Morgan fingerprint density at radius 3 is 1.40 bits per heavy atom. The highest BCUT2D eigenvalue weighted by molar-refractivity contribution is 14.1. The van der Waals surface area contributed by atoms with Crippen LogP contribution in [-0.4, -0.2) is 41.7 Å². The molecule has 0 heterocycles. The molecule has 0 rings (SSSR count). The highest BCUT2D eigenvalue weighted by Crippen LogP contribution is 2.27. The van der Waals surface area contributed by atoms with Crippen LogP contribution in [0.3, 0.4) is 0 Å². The van der Waals surface area contributed by atoms with Gasteiger partial charge in [0.15, 0.2) is 0 Å². The Kier molecular flexibility index (Phi) is 4.13.